The molecule has 0 aliphatic heterocycles. The number of unbranched alkanes of at least 4 members (excludes halogenated alkanes) is 3. The van der Waals surface area contributed by atoms with Gasteiger partial charge in [-0.3, -0.25) is 0 Å². The lowest BCUT2D eigenvalue weighted by molar-refractivity contribution is -0.0211. The molecule has 0 spiro atoms. The molecule has 0 aromatic carbocycles. The summed E-state index contributed by atoms with van der Waals surface area (Å²) < 4.78 is 5.26. The number of aliphatic hydroxyl groups excluding tert-OH is 1. The molecule has 0 saturated heterocycles. The first kappa shape index (κ1) is 13.9. The standard InChI is InChI=1S/C12H26O2/c1-4-6-7-8-10-11(13)12(14-3)9-5-2/h11-13H,4-10H2,1-3H3. The molecule has 14 heavy (non-hydrogen) atoms. The molecule has 0 aliphatic carbocycles. The van der Waals surface area contributed by atoms with Gasteiger partial charge >= 0.3 is 0 Å². The van der Waals surface area contributed by atoms with Gasteiger partial charge in [-0.05, 0) is 12.8 Å². The summed E-state index contributed by atoms with van der Waals surface area (Å²) in [7, 11) is 1.69. The Balaban J connectivity index is 3.52. The molecule has 2 atom stereocenters. The van der Waals surface area contributed by atoms with Crippen LogP contribution in [0.5, 0.6) is 0 Å². The highest BCUT2D eigenvalue weighted by atomic mass is 16.5. The van der Waals surface area contributed by atoms with Crippen molar-refractivity contribution in [2.45, 2.75) is 71.0 Å². The molecule has 1 N–H and O–H groups in total. The van der Waals surface area contributed by atoms with E-state index < -0.39 is 0 Å². The zero-order valence-electron chi connectivity index (χ0n) is 9.96. The summed E-state index contributed by atoms with van der Waals surface area (Å²) in [6.45, 7) is 4.32. The molecular formula is C12H26O2. The van der Waals surface area contributed by atoms with Crippen molar-refractivity contribution in [1.82, 2.24) is 0 Å². The average molecular weight is 202 g/mol. The van der Waals surface area contributed by atoms with Crippen molar-refractivity contribution in [2.24, 2.45) is 0 Å². The third-order valence-electron chi connectivity index (χ3n) is 2.66. The van der Waals surface area contributed by atoms with E-state index in [2.05, 4.69) is 13.8 Å². The van der Waals surface area contributed by atoms with Crippen LogP contribution in [0, 0.1) is 0 Å². The van der Waals surface area contributed by atoms with Gasteiger partial charge in [0.2, 0.25) is 0 Å². The highest BCUT2D eigenvalue weighted by Crippen LogP contribution is 2.13. The van der Waals surface area contributed by atoms with Crippen molar-refractivity contribution in [2.75, 3.05) is 7.11 Å². The van der Waals surface area contributed by atoms with Gasteiger partial charge in [0.25, 0.3) is 0 Å². The quantitative estimate of drug-likeness (QED) is 0.582. The van der Waals surface area contributed by atoms with Gasteiger partial charge in [-0.15, -0.1) is 0 Å². The number of methoxy groups -OCH3 is 1. The molecule has 0 radical (unpaired) electrons. The van der Waals surface area contributed by atoms with Gasteiger partial charge in [0.05, 0.1) is 12.2 Å². The van der Waals surface area contributed by atoms with Crippen LogP contribution in [0.25, 0.3) is 0 Å². The van der Waals surface area contributed by atoms with E-state index in [-0.39, 0.29) is 12.2 Å². The Morgan fingerprint density at radius 3 is 2.21 bits per heavy atom. The molecule has 0 heterocycles. The van der Waals surface area contributed by atoms with Crippen LogP contribution in [0.1, 0.15) is 58.8 Å². The minimum Gasteiger partial charge on any atom is -0.390 e. The van der Waals surface area contributed by atoms with Crippen LogP contribution < -0.4 is 0 Å². The van der Waals surface area contributed by atoms with Gasteiger partial charge in [-0.25, -0.2) is 0 Å². The SMILES string of the molecule is CCCCCCC(O)C(CCC)OC. The maximum atomic E-state index is 9.81. The van der Waals surface area contributed by atoms with Crippen LogP contribution in [-0.4, -0.2) is 24.4 Å². The van der Waals surface area contributed by atoms with Crippen LogP contribution in [0.2, 0.25) is 0 Å². The zero-order valence-corrected chi connectivity index (χ0v) is 9.96. The van der Waals surface area contributed by atoms with E-state index in [1.54, 1.807) is 7.11 Å². The predicted molar refractivity (Wildman–Crippen MR) is 60.5 cm³/mol. The van der Waals surface area contributed by atoms with Gasteiger partial charge in [0, 0.05) is 7.11 Å². The van der Waals surface area contributed by atoms with Crippen LogP contribution in [-0.2, 0) is 4.74 Å². The van der Waals surface area contributed by atoms with Gasteiger partial charge in [-0.1, -0.05) is 46.0 Å². The second kappa shape index (κ2) is 9.47. The van der Waals surface area contributed by atoms with E-state index in [4.69, 9.17) is 4.74 Å². The van der Waals surface area contributed by atoms with Crippen LogP contribution in [0.15, 0.2) is 0 Å². The minimum atomic E-state index is -0.267. The molecule has 0 fully saturated rings. The summed E-state index contributed by atoms with van der Waals surface area (Å²) in [5, 5.41) is 9.81. The molecule has 0 saturated carbocycles. The fourth-order valence-corrected chi connectivity index (χ4v) is 1.72. The highest BCUT2D eigenvalue weighted by Gasteiger charge is 2.16. The van der Waals surface area contributed by atoms with E-state index in [1.165, 1.54) is 19.3 Å². The summed E-state index contributed by atoms with van der Waals surface area (Å²) in [6, 6.07) is 0. The Bertz CT molecular complexity index is 115. The van der Waals surface area contributed by atoms with E-state index in [0.717, 1.165) is 25.7 Å². The number of hydrogen-bond acceptors (Lipinski definition) is 2. The monoisotopic (exact) mass is 202 g/mol. The molecular weight excluding hydrogens is 176 g/mol. The third-order valence-corrected chi connectivity index (χ3v) is 2.66. The normalized spacial score (nSPS) is 15.4. The third kappa shape index (κ3) is 6.39. The van der Waals surface area contributed by atoms with Gasteiger partial charge in [-0.2, -0.15) is 0 Å². The molecule has 0 aromatic rings. The van der Waals surface area contributed by atoms with Crippen molar-refractivity contribution in [1.29, 1.82) is 0 Å². The molecule has 2 unspecified atom stereocenters. The number of rotatable bonds is 9. The molecule has 0 aromatic heterocycles. The topological polar surface area (TPSA) is 29.5 Å². The first-order chi connectivity index (χ1) is 6.76. The van der Waals surface area contributed by atoms with Crippen LogP contribution in [0.3, 0.4) is 0 Å². The number of aliphatic hydroxyl groups is 1. The smallest absolute Gasteiger partial charge is 0.0830 e. The first-order valence-electron chi connectivity index (χ1n) is 5.97. The molecule has 0 rings (SSSR count). The fourth-order valence-electron chi connectivity index (χ4n) is 1.72. The van der Waals surface area contributed by atoms with Crippen molar-refractivity contribution in [3.63, 3.8) is 0 Å². The maximum absolute atomic E-state index is 9.81. The van der Waals surface area contributed by atoms with E-state index in [9.17, 15) is 5.11 Å². The van der Waals surface area contributed by atoms with E-state index >= 15 is 0 Å². The predicted octanol–water partition coefficient (Wildman–Crippen LogP) is 3.13. The van der Waals surface area contributed by atoms with Crippen molar-refractivity contribution in [3.8, 4) is 0 Å². The van der Waals surface area contributed by atoms with Crippen LogP contribution in [0.4, 0.5) is 0 Å². The van der Waals surface area contributed by atoms with Gasteiger partial charge < -0.3 is 9.84 Å². The largest absolute Gasteiger partial charge is 0.390 e. The summed E-state index contributed by atoms with van der Waals surface area (Å²) >= 11 is 0. The van der Waals surface area contributed by atoms with Crippen molar-refractivity contribution < 1.29 is 9.84 Å². The Kier molecular flexibility index (Phi) is 9.42. The second-order valence-corrected chi connectivity index (χ2v) is 3.98. The molecule has 0 bridgehead atoms. The Morgan fingerprint density at radius 2 is 1.71 bits per heavy atom. The highest BCUT2D eigenvalue weighted by molar-refractivity contribution is 4.68. The maximum Gasteiger partial charge on any atom is 0.0830 e. The fraction of sp³-hybridized carbons (Fsp3) is 1.00. The molecule has 2 heteroatoms. The van der Waals surface area contributed by atoms with E-state index in [1.807, 2.05) is 0 Å². The lowest BCUT2D eigenvalue weighted by atomic mass is 10.0. The minimum absolute atomic E-state index is 0.0432. The molecule has 86 valence electrons. The first-order valence-corrected chi connectivity index (χ1v) is 5.97. The number of hydrogen-bond donors (Lipinski definition) is 1. The Labute approximate surface area is 88.7 Å². The van der Waals surface area contributed by atoms with Crippen LogP contribution >= 0.6 is 0 Å². The Hall–Kier alpha value is -0.0800. The molecule has 2 nitrogen and oxygen atoms in total. The lowest BCUT2D eigenvalue weighted by Crippen LogP contribution is -2.27. The molecule has 0 amide bonds. The summed E-state index contributed by atoms with van der Waals surface area (Å²) in [6.07, 6.45) is 7.58. The lowest BCUT2D eigenvalue weighted by Gasteiger charge is -2.20. The molecule has 0 aliphatic rings. The summed E-state index contributed by atoms with van der Waals surface area (Å²) in [4.78, 5) is 0. The number of ether oxygens (including phenoxy) is 1. The van der Waals surface area contributed by atoms with Gasteiger partial charge in [0.1, 0.15) is 0 Å². The van der Waals surface area contributed by atoms with E-state index in [0.29, 0.717) is 0 Å². The second-order valence-electron chi connectivity index (χ2n) is 3.98. The van der Waals surface area contributed by atoms with Gasteiger partial charge in [0.15, 0.2) is 0 Å². The van der Waals surface area contributed by atoms with Crippen molar-refractivity contribution >= 4 is 0 Å². The zero-order chi connectivity index (χ0) is 10.8. The average Bonchev–Trinajstić information content (AvgIpc) is 2.20. The summed E-state index contributed by atoms with van der Waals surface area (Å²) in [5.41, 5.74) is 0. The Morgan fingerprint density at radius 1 is 1.00 bits per heavy atom. The van der Waals surface area contributed by atoms with Crippen molar-refractivity contribution in [3.05, 3.63) is 0 Å². The summed E-state index contributed by atoms with van der Waals surface area (Å²) in [5.74, 6) is 0.